The Morgan fingerprint density at radius 1 is 0.735 bits per heavy atom. The second kappa shape index (κ2) is 10.7. The van der Waals surface area contributed by atoms with Crippen LogP contribution in [0.3, 0.4) is 0 Å². The molecule has 2 aromatic carbocycles. The molecule has 10 nitrogen and oxygen atoms in total. The van der Waals surface area contributed by atoms with E-state index in [9.17, 15) is 40.2 Å². The minimum absolute atomic E-state index is 0.0443. The summed E-state index contributed by atoms with van der Waals surface area (Å²) < 4.78 is 10.5. The molecule has 1 aliphatic carbocycles. The Morgan fingerprint density at radius 2 is 1.24 bits per heavy atom. The van der Waals surface area contributed by atoms with E-state index in [1.165, 1.54) is 48.6 Å². The van der Waals surface area contributed by atoms with E-state index in [0.717, 1.165) is 12.2 Å². The highest BCUT2D eigenvalue weighted by Crippen LogP contribution is 2.28. The number of hydrogen-bond donors (Lipinski definition) is 6. The third kappa shape index (κ3) is 6.50. The topological polar surface area (TPSA) is 174 Å². The van der Waals surface area contributed by atoms with Crippen molar-refractivity contribution < 1.29 is 49.7 Å². The zero-order chi connectivity index (χ0) is 24.8. The summed E-state index contributed by atoms with van der Waals surface area (Å²) in [5.74, 6) is -2.90. The van der Waals surface area contributed by atoms with Gasteiger partial charge in [-0.15, -0.1) is 0 Å². The maximum atomic E-state index is 12.2. The minimum Gasteiger partial charge on any atom is -0.504 e. The number of aliphatic hydroxyl groups is 2. The van der Waals surface area contributed by atoms with Crippen LogP contribution in [0.2, 0.25) is 0 Å². The number of aromatic hydroxyl groups is 4. The molecule has 0 heterocycles. The van der Waals surface area contributed by atoms with Crippen LogP contribution in [-0.2, 0) is 19.1 Å². The van der Waals surface area contributed by atoms with Crippen LogP contribution >= 0.6 is 0 Å². The molecule has 0 spiro atoms. The first-order valence-electron chi connectivity index (χ1n) is 10.3. The second-order valence-corrected chi connectivity index (χ2v) is 7.73. The van der Waals surface area contributed by atoms with Crippen LogP contribution in [0, 0.1) is 0 Å². The third-order valence-corrected chi connectivity index (χ3v) is 5.15. The molecule has 1 saturated carbocycles. The van der Waals surface area contributed by atoms with Gasteiger partial charge in [-0.25, -0.2) is 9.59 Å². The van der Waals surface area contributed by atoms with Crippen LogP contribution in [0.15, 0.2) is 48.6 Å². The van der Waals surface area contributed by atoms with Crippen molar-refractivity contribution in [1.82, 2.24) is 0 Å². The monoisotopic (exact) mass is 472 g/mol. The van der Waals surface area contributed by atoms with Crippen LogP contribution in [0.25, 0.3) is 12.2 Å². The van der Waals surface area contributed by atoms with Crippen molar-refractivity contribution >= 4 is 24.1 Å². The van der Waals surface area contributed by atoms with E-state index in [2.05, 4.69) is 0 Å². The number of hydrogen-bond acceptors (Lipinski definition) is 10. The molecule has 6 N–H and O–H groups in total. The number of rotatable bonds is 6. The zero-order valence-corrected chi connectivity index (χ0v) is 17.8. The average molecular weight is 472 g/mol. The van der Waals surface area contributed by atoms with Crippen LogP contribution in [0.5, 0.6) is 23.0 Å². The van der Waals surface area contributed by atoms with Gasteiger partial charge in [-0.3, -0.25) is 0 Å². The number of carbonyl (C=O) groups excluding carboxylic acids is 2. The van der Waals surface area contributed by atoms with Gasteiger partial charge in [0.05, 0.1) is 6.10 Å². The summed E-state index contributed by atoms with van der Waals surface area (Å²) in [4.78, 5) is 24.3. The summed E-state index contributed by atoms with van der Waals surface area (Å²) in [7, 11) is 0. The lowest BCUT2D eigenvalue weighted by Crippen LogP contribution is -2.49. The number of esters is 2. The molecular weight excluding hydrogens is 448 g/mol. The van der Waals surface area contributed by atoms with Crippen LogP contribution < -0.4 is 0 Å². The number of phenolic OH excluding ortho intramolecular Hbond substituents is 4. The van der Waals surface area contributed by atoms with E-state index in [1.54, 1.807) is 0 Å². The summed E-state index contributed by atoms with van der Waals surface area (Å²) in [6.07, 6.45) is 0.103. The van der Waals surface area contributed by atoms with Gasteiger partial charge in [0.15, 0.2) is 23.0 Å². The molecule has 1 fully saturated rings. The van der Waals surface area contributed by atoms with Crippen LogP contribution in [0.1, 0.15) is 24.0 Å². The molecule has 34 heavy (non-hydrogen) atoms. The molecule has 1 aliphatic rings. The molecular formula is C24H24O10. The Balaban J connectivity index is 1.57. The predicted octanol–water partition coefficient (Wildman–Crippen LogP) is 1.57. The molecule has 0 saturated heterocycles. The molecule has 10 heteroatoms. The lowest BCUT2D eigenvalue weighted by Gasteiger charge is -2.35. The molecule has 0 amide bonds. The quantitative estimate of drug-likeness (QED) is 0.206. The van der Waals surface area contributed by atoms with Gasteiger partial charge >= 0.3 is 11.9 Å². The van der Waals surface area contributed by atoms with Gasteiger partial charge < -0.3 is 40.1 Å². The van der Waals surface area contributed by atoms with Crippen molar-refractivity contribution in [3.8, 4) is 23.0 Å². The van der Waals surface area contributed by atoms with Crippen LogP contribution in [-0.4, -0.2) is 67.0 Å². The molecule has 0 aliphatic heterocycles. The highest BCUT2D eigenvalue weighted by Gasteiger charge is 2.39. The first-order valence-corrected chi connectivity index (χ1v) is 10.3. The van der Waals surface area contributed by atoms with Crippen molar-refractivity contribution in [3.05, 3.63) is 59.7 Å². The van der Waals surface area contributed by atoms with Gasteiger partial charge in [0.25, 0.3) is 0 Å². The SMILES string of the molecule is O=C(/C=C/c1ccc(O)c(O)c1)O[C@@H]1C[C@@H](O)[C@H](O)[C@H](OC(=O)/C=C/c2ccc(O)c(O)c2)C1. The van der Waals surface area contributed by atoms with Crippen molar-refractivity contribution in [2.45, 2.75) is 37.3 Å². The number of phenols is 4. The van der Waals surface area contributed by atoms with Gasteiger partial charge in [-0.2, -0.15) is 0 Å². The third-order valence-electron chi connectivity index (χ3n) is 5.15. The van der Waals surface area contributed by atoms with E-state index >= 15 is 0 Å². The molecule has 0 aromatic heterocycles. The Kier molecular flexibility index (Phi) is 7.77. The zero-order valence-electron chi connectivity index (χ0n) is 17.8. The minimum atomic E-state index is -1.37. The maximum absolute atomic E-state index is 12.2. The summed E-state index contributed by atoms with van der Waals surface area (Å²) in [5.41, 5.74) is 0.851. The first-order chi connectivity index (χ1) is 16.1. The van der Waals surface area contributed by atoms with E-state index in [-0.39, 0.29) is 35.8 Å². The number of ether oxygens (including phenoxy) is 2. The van der Waals surface area contributed by atoms with Gasteiger partial charge in [0.2, 0.25) is 0 Å². The summed E-state index contributed by atoms with van der Waals surface area (Å²) in [5, 5.41) is 57.9. The lowest BCUT2D eigenvalue weighted by molar-refractivity contribution is -0.174. The number of aliphatic hydroxyl groups excluding tert-OH is 2. The van der Waals surface area contributed by atoms with Crippen molar-refractivity contribution in [1.29, 1.82) is 0 Å². The van der Waals surface area contributed by atoms with E-state index < -0.39 is 36.4 Å². The summed E-state index contributed by atoms with van der Waals surface area (Å²) in [6.45, 7) is 0. The van der Waals surface area contributed by atoms with E-state index in [1.807, 2.05) is 0 Å². The summed E-state index contributed by atoms with van der Waals surface area (Å²) in [6, 6.07) is 7.93. The highest BCUT2D eigenvalue weighted by molar-refractivity contribution is 5.88. The Labute approximate surface area is 194 Å². The number of carbonyl (C=O) groups is 2. The fourth-order valence-corrected chi connectivity index (χ4v) is 3.37. The smallest absolute Gasteiger partial charge is 0.331 e. The van der Waals surface area contributed by atoms with Crippen molar-refractivity contribution in [3.63, 3.8) is 0 Å². The van der Waals surface area contributed by atoms with Crippen LogP contribution in [0.4, 0.5) is 0 Å². The molecule has 4 atom stereocenters. The number of benzene rings is 2. The maximum Gasteiger partial charge on any atom is 0.331 e. The Morgan fingerprint density at radius 3 is 1.74 bits per heavy atom. The first kappa shape index (κ1) is 24.6. The van der Waals surface area contributed by atoms with Gasteiger partial charge in [0, 0.05) is 25.0 Å². The lowest BCUT2D eigenvalue weighted by atomic mass is 9.89. The van der Waals surface area contributed by atoms with Gasteiger partial charge in [-0.05, 0) is 47.5 Å². The molecule has 0 radical (unpaired) electrons. The van der Waals surface area contributed by atoms with Crippen molar-refractivity contribution in [2.24, 2.45) is 0 Å². The van der Waals surface area contributed by atoms with E-state index in [0.29, 0.717) is 11.1 Å². The molecule has 2 aromatic rings. The largest absolute Gasteiger partial charge is 0.504 e. The van der Waals surface area contributed by atoms with Crippen molar-refractivity contribution in [2.75, 3.05) is 0 Å². The Bertz CT molecular complexity index is 1110. The molecule has 0 unspecified atom stereocenters. The summed E-state index contributed by atoms with van der Waals surface area (Å²) >= 11 is 0. The highest BCUT2D eigenvalue weighted by atomic mass is 16.6. The second-order valence-electron chi connectivity index (χ2n) is 7.73. The molecule has 3 rings (SSSR count). The van der Waals surface area contributed by atoms with E-state index in [4.69, 9.17) is 9.47 Å². The fourth-order valence-electron chi connectivity index (χ4n) is 3.37. The Hall–Kier alpha value is -4.02. The molecule has 180 valence electrons. The normalized spacial score (nSPS) is 22.6. The van der Waals surface area contributed by atoms with Gasteiger partial charge in [-0.1, -0.05) is 12.1 Å². The predicted molar refractivity (Wildman–Crippen MR) is 119 cm³/mol. The fraction of sp³-hybridized carbons (Fsp3) is 0.250. The standard InChI is InChI=1S/C24H24O10/c25-16-5-1-13(9-18(16)27)3-7-22(30)33-15-11-20(29)24(32)21(12-15)34-23(31)8-4-14-2-6-17(26)19(28)10-14/h1-10,15,20-21,24-29,32H,11-12H2/b7-3+,8-4+/t15-,20-,21-,24+/m1/s1. The average Bonchev–Trinajstić information content (AvgIpc) is 2.78. The molecule has 0 bridgehead atoms. The van der Waals surface area contributed by atoms with Gasteiger partial charge in [0.1, 0.15) is 18.3 Å².